The van der Waals surface area contributed by atoms with Gasteiger partial charge >= 0.3 is 0 Å². The summed E-state index contributed by atoms with van der Waals surface area (Å²) >= 11 is 0. The van der Waals surface area contributed by atoms with Gasteiger partial charge in [0.25, 0.3) is 0 Å². The SMILES string of the molecule is O=C1CC2CCCCC2NC2CCCCC12. The number of rotatable bonds is 0. The van der Waals surface area contributed by atoms with Crippen molar-refractivity contribution in [2.24, 2.45) is 11.8 Å². The van der Waals surface area contributed by atoms with Gasteiger partial charge in [-0.05, 0) is 31.6 Å². The molecular weight excluding hydrogens is 198 g/mol. The van der Waals surface area contributed by atoms with Crippen LogP contribution in [0, 0.1) is 11.8 Å². The van der Waals surface area contributed by atoms with Crippen LogP contribution in [-0.2, 0) is 4.79 Å². The first-order chi connectivity index (χ1) is 7.84. The molecular formula is C14H23NO. The van der Waals surface area contributed by atoms with Crippen molar-refractivity contribution in [2.45, 2.75) is 69.9 Å². The highest BCUT2D eigenvalue weighted by molar-refractivity contribution is 5.82. The van der Waals surface area contributed by atoms with Gasteiger partial charge in [-0.25, -0.2) is 0 Å². The van der Waals surface area contributed by atoms with Crippen LogP contribution in [0.1, 0.15) is 57.8 Å². The maximum atomic E-state index is 12.3. The second kappa shape index (κ2) is 4.48. The third kappa shape index (κ3) is 1.92. The van der Waals surface area contributed by atoms with E-state index in [2.05, 4.69) is 5.32 Å². The van der Waals surface area contributed by atoms with Gasteiger partial charge in [-0.2, -0.15) is 0 Å². The van der Waals surface area contributed by atoms with Gasteiger partial charge in [0, 0.05) is 24.4 Å². The molecule has 3 rings (SSSR count). The van der Waals surface area contributed by atoms with Crippen molar-refractivity contribution in [1.29, 1.82) is 0 Å². The van der Waals surface area contributed by atoms with Crippen LogP contribution in [0.4, 0.5) is 0 Å². The summed E-state index contributed by atoms with van der Waals surface area (Å²) in [6.45, 7) is 0. The van der Waals surface area contributed by atoms with E-state index in [-0.39, 0.29) is 0 Å². The fourth-order valence-corrected chi connectivity index (χ4v) is 4.07. The third-order valence-electron chi connectivity index (χ3n) is 4.98. The number of nitrogens with one attached hydrogen (secondary N) is 1. The zero-order valence-electron chi connectivity index (χ0n) is 10.1. The lowest BCUT2D eigenvalue weighted by Gasteiger charge is -2.34. The average Bonchev–Trinajstić information content (AvgIpc) is 2.45. The van der Waals surface area contributed by atoms with Gasteiger partial charge in [-0.3, -0.25) is 4.79 Å². The molecule has 0 amide bonds. The minimum Gasteiger partial charge on any atom is -0.310 e. The molecule has 0 bridgehead atoms. The summed E-state index contributed by atoms with van der Waals surface area (Å²) in [6.07, 6.45) is 11.1. The number of fused-ring (bicyclic) bond motifs is 2. The first-order valence-electron chi connectivity index (χ1n) is 7.13. The summed E-state index contributed by atoms with van der Waals surface area (Å²) in [5, 5.41) is 3.83. The lowest BCUT2D eigenvalue weighted by molar-refractivity contribution is -0.124. The molecule has 2 saturated carbocycles. The molecule has 1 aliphatic heterocycles. The fraction of sp³-hybridized carbons (Fsp3) is 0.929. The fourth-order valence-electron chi connectivity index (χ4n) is 4.07. The molecule has 1 saturated heterocycles. The number of ketones is 1. The number of carbonyl (C=O) groups is 1. The van der Waals surface area contributed by atoms with Crippen molar-refractivity contribution in [2.75, 3.05) is 0 Å². The van der Waals surface area contributed by atoms with E-state index >= 15 is 0 Å². The standard InChI is InChI=1S/C14H23NO/c16-14-9-10-5-1-3-7-12(10)15-13-8-4-2-6-11(13)14/h10-13,15H,1-9H2. The Hall–Kier alpha value is -0.370. The Morgan fingerprint density at radius 3 is 2.44 bits per heavy atom. The van der Waals surface area contributed by atoms with E-state index in [9.17, 15) is 4.79 Å². The maximum Gasteiger partial charge on any atom is 0.137 e. The molecule has 0 aromatic heterocycles. The Kier molecular flexibility index (Phi) is 3.01. The highest BCUT2D eigenvalue weighted by atomic mass is 16.1. The maximum absolute atomic E-state index is 12.3. The zero-order valence-corrected chi connectivity index (χ0v) is 10.1. The first kappa shape index (κ1) is 10.8. The molecule has 0 aromatic carbocycles. The van der Waals surface area contributed by atoms with Crippen LogP contribution in [0.5, 0.6) is 0 Å². The molecule has 16 heavy (non-hydrogen) atoms. The molecule has 4 atom stereocenters. The monoisotopic (exact) mass is 221 g/mol. The molecule has 3 aliphatic rings. The Morgan fingerprint density at radius 1 is 0.875 bits per heavy atom. The summed E-state index contributed by atoms with van der Waals surface area (Å²) in [6, 6.07) is 1.18. The summed E-state index contributed by atoms with van der Waals surface area (Å²) < 4.78 is 0. The topological polar surface area (TPSA) is 29.1 Å². The molecule has 0 spiro atoms. The van der Waals surface area contributed by atoms with Crippen LogP contribution in [0.3, 0.4) is 0 Å². The van der Waals surface area contributed by atoms with E-state index in [1.54, 1.807) is 0 Å². The van der Waals surface area contributed by atoms with Gasteiger partial charge < -0.3 is 5.32 Å². The number of carbonyl (C=O) groups excluding carboxylic acids is 1. The van der Waals surface area contributed by atoms with Gasteiger partial charge in [0.1, 0.15) is 5.78 Å². The van der Waals surface area contributed by atoms with Crippen LogP contribution in [-0.4, -0.2) is 17.9 Å². The average molecular weight is 221 g/mol. The molecule has 0 aromatic rings. The van der Waals surface area contributed by atoms with E-state index in [0.717, 1.165) is 12.8 Å². The van der Waals surface area contributed by atoms with Gasteiger partial charge in [0.2, 0.25) is 0 Å². The van der Waals surface area contributed by atoms with Gasteiger partial charge in [0.15, 0.2) is 0 Å². The Labute approximate surface area is 98.2 Å². The quantitative estimate of drug-likeness (QED) is 0.681. The highest BCUT2D eigenvalue weighted by Crippen LogP contribution is 2.36. The third-order valence-corrected chi connectivity index (χ3v) is 4.98. The van der Waals surface area contributed by atoms with Crippen LogP contribution in [0.25, 0.3) is 0 Å². The molecule has 90 valence electrons. The van der Waals surface area contributed by atoms with Crippen molar-refractivity contribution in [3.8, 4) is 0 Å². The Bertz CT molecular complexity index is 276. The van der Waals surface area contributed by atoms with Crippen molar-refractivity contribution < 1.29 is 4.79 Å². The normalized spacial score (nSPS) is 44.4. The molecule has 2 nitrogen and oxygen atoms in total. The van der Waals surface area contributed by atoms with E-state index in [1.165, 1.54) is 44.9 Å². The minimum atomic E-state index is 0.361. The van der Waals surface area contributed by atoms with Crippen LogP contribution < -0.4 is 5.32 Å². The zero-order chi connectivity index (χ0) is 11.0. The van der Waals surface area contributed by atoms with E-state index in [0.29, 0.717) is 29.7 Å². The van der Waals surface area contributed by atoms with E-state index < -0.39 is 0 Å². The number of hydrogen-bond donors (Lipinski definition) is 1. The molecule has 0 radical (unpaired) electrons. The predicted octanol–water partition coefficient (Wildman–Crippen LogP) is 2.67. The summed E-state index contributed by atoms with van der Waals surface area (Å²) in [5.74, 6) is 1.60. The van der Waals surface area contributed by atoms with Crippen molar-refractivity contribution in [3.05, 3.63) is 0 Å². The summed E-state index contributed by atoms with van der Waals surface area (Å²) in [7, 11) is 0. The van der Waals surface area contributed by atoms with Gasteiger partial charge in [-0.1, -0.05) is 25.7 Å². The number of hydrogen-bond acceptors (Lipinski definition) is 2. The second-order valence-corrected chi connectivity index (χ2v) is 5.99. The highest BCUT2D eigenvalue weighted by Gasteiger charge is 2.39. The molecule has 2 heteroatoms. The Balaban J connectivity index is 1.78. The van der Waals surface area contributed by atoms with Crippen LogP contribution in [0.2, 0.25) is 0 Å². The largest absolute Gasteiger partial charge is 0.310 e. The second-order valence-electron chi connectivity index (χ2n) is 5.99. The smallest absolute Gasteiger partial charge is 0.137 e. The minimum absolute atomic E-state index is 0.361. The van der Waals surface area contributed by atoms with E-state index in [1.807, 2.05) is 0 Å². The van der Waals surface area contributed by atoms with Crippen LogP contribution in [0.15, 0.2) is 0 Å². The van der Waals surface area contributed by atoms with Gasteiger partial charge in [0.05, 0.1) is 0 Å². The predicted molar refractivity (Wildman–Crippen MR) is 64.3 cm³/mol. The lowest BCUT2D eigenvalue weighted by Crippen LogP contribution is -2.46. The van der Waals surface area contributed by atoms with Crippen molar-refractivity contribution in [1.82, 2.24) is 5.32 Å². The van der Waals surface area contributed by atoms with Gasteiger partial charge in [-0.15, -0.1) is 0 Å². The lowest BCUT2D eigenvalue weighted by atomic mass is 9.79. The van der Waals surface area contributed by atoms with Crippen molar-refractivity contribution >= 4 is 5.78 Å². The van der Waals surface area contributed by atoms with Crippen LogP contribution >= 0.6 is 0 Å². The Morgan fingerprint density at radius 2 is 1.56 bits per heavy atom. The number of Topliss-reactive ketones (excluding diaryl/α,β-unsaturated/α-hetero) is 1. The molecule has 3 fully saturated rings. The summed E-state index contributed by atoms with van der Waals surface area (Å²) in [5.41, 5.74) is 0. The first-order valence-corrected chi connectivity index (χ1v) is 7.13. The van der Waals surface area contributed by atoms with E-state index in [4.69, 9.17) is 0 Å². The molecule has 1 N–H and O–H groups in total. The molecule has 2 aliphatic carbocycles. The molecule has 4 unspecified atom stereocenters. The molecule has 1 heterocycles. The summed E-state index contributed by atoms with van der Waals surface area (Å²) in [4.78, 5) is 12.3. The van der Waals surface area contributed by atoms with Crippen molar-refractivity contribution in [3.63, 3.8) is 0 Å².